The molecule has 1 aliphatic carbocycles. The third-order valence-corrected chi connectivity index (χ3v) is 4.55. The summed E-state index contributed by atoms with van der Waals surface area (Å²) in [5.41, 5.74) is 7.57. The molecule has 26 heavy (non-hydrogen) atoms. The molecule has 5 nitrogen and oxygen atoms in total. The number of nitrogen functional groups attached to an aromatic ring is 1. The molecule has 0 aliphatic heterocycles. The van der Waals surface area contributed by atoms with Crippen LogP contribution in [0.4, 0.5) is 11.4 Å². The Morgan fingerprint density at radius 1 is 1.31 bits per heavy atom. The number of hydrogen-bond acceptors (Lipinski definition) is 5. The first-order valence-corrected chi connectivity index (χ1v) is 9.44. The zero-order chi connectivity index (χ0) is 19.5. The zero-order valence-corrected chi connectivity index (χ0v) is 17.0. The quantitative estimate of drug-likeness (QED) is 0.591. The molecule has 3 N–H and O–H groups in total. The molecule has 146 valence electrons. The van der Waals surface area contributed by atoms with Crippen molar-refractivity contribution in [3.63, 3.8) is 0 Å². The van der Waals surface area contributed by atoms with Gasteiger partial charge in [0.1, 0.15) is 11.4 Å². The second-order valence-corrected chi connectivity index (χ2v) is 9.38. The van der Waals surface area contributed by atoms with Crippen molar-refractivity contribution in [2.24, 2.45) is 11.3 Å². The highest BCUT2D eigenvalue weighted by Crippen LogP contribution is 2.40. The van der Waals surface area contributed by atoms with Gasteiger partial charge in [-0.25, -0.2) is 4.79 Å². The lowest BCUT2D eigenvalue weighted by Gasteiger charge is -2.39. The Balaban J connectivity index is 1.94. The summed E-state index contributed by atoms with van der Waals surface area (Å²) >= 11 is 0. The minimum Gasteiger partial charge on any atom is -0.482 e. The number of nitrogens with one attached hydrogen (secondary N) is 1. The van der Waals surface area contributed by atoms with E-state index in [1.165, 1.54) is 6.42 Å². The second kappa shape index (κ2) is 7.77. The van der Waals surface area contributed by atoms with Gasteiger partial charge in [0.15, 0.2) is 6.61 Å². The van der Waals surface area contributed by atoms with Crippen LogP contribution in [0.25, 0.3) is 0 Å². The number of nitrogens with two attached hydrogens (primary N) is 1. The van der Waals surface area contributed by atoms with Crippen LogP contribution in [-0.2, 0) is 9.53 Å². The van der Waals surface area contributed by atoms with E-state index in [1.807, 2.05) is 32.9 Å². The molecule has 0 heterocycles. The molecule has 0 unspecified atom stereocenters. The lowest BCUT2D eigenvalue weighted by Crippen LogP contribution is -2.35. The average Bonchev–Trinajstić information content (AvgIpc) is 2.43. The molecular formula is C21H34N2O3. The van der Waals surface area contributed by atoms with Crippen LogP contribution in [0.1, 0.15) is 60.8 Å². The third-order valence-electron chi connectivity index (χ3n) is 4.55. The maximum Gasteiger partial charge on any atom is 0.344 e. The van der Waals surface area contributed by atoms with Gasteiger partial charge in [0.2, 0.25) is 0 Å². The molecule has 0 radical (unpaired) electrons. The topological polar surface area (TPSA) is 73.6 Å². The highest BCUT2D eigenvalue weighted by Gasteiger charge is 2.32. The number of ether oxygens (including phenoxy) is 2. The smallest absolute Gasteiger partial charge is 0.344 e. The summed E-state index contributed by atoms with van der Waals surface area (Å²) in [6, 6.07) is 5.93. The van der Waals surface area contributed by atoms with Crippen molar-refractivity contribution in [2.75, 3.05) is 17.7 Å². The predicted octanol–water partition coefficient (Wildman–Crippen LogP) is 4.62. The van der Waals surface area contributed by atoms with Gasteiger partial charge in [-0.3, -0.25) is 0 Å². The molecule has 1 aliphatic rings. The SMILES string of the molecule is C[C@@H]1C[C@H](Nc2ccc(OCC(=O)OC(C)(C)C)cc2N)CC(C)(C)C1. The lowest BCUT2D eigenvalue weighted by molar-refractivity contribution is -0.157. The number of carbonyl (C=O) groups is 1. The van der Waals surface area contributed by atoms with Gasteiger partial charge >= 0.3 is 5.97 Å². The number of esters is 1. The Bertz CT molecular complexity index is 635. The minimum absolute atomic E-state index is 0.127. The van der Waals surface area contributed by atoms with Crippen molar-refractivity contribution in [3.8, 4) is 5.75 Å². The van der Waals surface area contributed by atoms with Crippen molar-refractivity contribution in [1.29, 1.82) is 0 Å². The monoisotopic (exact) mass is 362 g/mol. The fraction of sp³-hybridized carbons (Fsp3) is 0.667. The van der Waals surface area contributed by atoms with E-state index in [-0.39, 0.29) is 6.61 Å². The molecule has 1 saturated carbocycles. The van der Waals surface area contributed by atoms with Gasteiger partial charge in [-0.1, -0.05) is 20.8 Å². The Morgan fingerprint density at radius 2 is 2.00 bits per heavy atom. The molecule has 0 aromatic heterocycles. The highest BCUT2D eigenvalue weighted by atomic mass is 16.6. The van der Waals surface area contributed by atoms with Crippen LogP contribution >= 0.6 is 0 Å². The summed E-state index contributed by atoms with van der Waals surface area (Å²) in [4.78, 5) is 11.7. The predicted molar refractivity (Wildman–Crippen MR) is 106 cm³/mol. The molecule has 0 saturated heterocycles. The Hall–Kier alpha value is -1.91. The Morgan fingerprint density at radius 3 is 2.58 bits per heavy atom. The molecule has 2 rings (SSSR count). The van der Waals surface area contributed by atoms with Crippen LogP contribution in [0.2, 0.25) is 0 Å². The number of hydrogen-bond donors (Lipinski definition) is 2. The van der Waals surface area contributed by atoms with E-state index in [2.05, 4.69) is 26.1 Å². The number of benzene rings is 1. The summed E-state index contributed by atoms with van der Waals surface area (Å²) in [7, 11) is 0. The minimum atomic E-state index is -0.516. The summed E-state index contributed by atoms with van der Waals surface area (Å²) < 4.78 is 10.7. The van der Waals surface area contributed by atoms with Crippen LogP contribution in [0.5, 0.6) is 5.75 Å². The lowest BCUT2D eigenvalue weighted by atomic mass is 9.70. The van der Waals surface area contributed by atoms with Crippen LogP contribution in [0.15, 0.2) is 18.2 Å². The molecule has 0 amide bonds. The first kappa shape index (κ1) is 20.4. The summed E-state index contributed by atoms with van der Waals surface area (Å²) in [5.74, 6) is 0.877. The molecule has 1 fully saturated rings. The van der Waals surface area contributed by atoms with Crippen molar-refractivity contribution in [3.05, 3.63) is 18.2 Å². The van der Waals surface area contributed by atoms with Crippen LogP contribution in [-0.4, -0.2) is 24.2 Å². The van der Waals surface area contributed by atoms with Gasteiger partial charge in [0.05, 0.1) is 11.4 Å². The average molecular weight is 363 g/mol. The molecule has 1 aromatic carbocycles. The molecule has 0 spiro atoms. The van der Waals surface area contributed by atoms with E-state index < -0.39 is 11.6 Å². The van der Waals surface area contributed by atoms with Crippen LogP contribution in [0, 0.1) is 11.3 Å². The van der Waals surface area contributed by atoms with Crippen LogP contribution < -0.4 is 15.8 Å². The second-order valence-electron chi connectivity index (χ2n) is 9.38. The standard InChI is InChI=1S/C21H34N2O3/c1-14-9-15(12-21(5,6)11-14)23-18-8-7-16(10-17(18)22)25-13-19(24)26-20(2,3)4/h7-8,10,14-15,23H,9,11-13,22H2,1-6H3/t14-,15+/m1/s1. The third kappa shape index (κ3) is 6.43. The largest absolute Gasteiger partial charge is 0.482 e. The fourth-order valence-electron chi connectivity index (χ4n) is 3.95. The van der Waals surface area contributed by atoms with Gasteiger partial charge in [0.25, 0.3) is 0 Å². The Kier molecular flexibility index (Phi) is 6.09. The molecule has 2 atom stereocenters. The van der Waals surface area contributed by atoms with E-state index >= 15 is 0 Å². The van der Waals surface area contributed by atoms with Crippen molar-refractivity contribution < 1.29 is 14.3 Å². The van der Waals surface area contributed by atoms with Gasteiger partial charge in [-0.2, -0.15) is 0 Å². The van der Waals surface area contributed by atoms with E-state index in [0.717, 1.165) is 18.5 Å². The van der Waals surface area contributed by atoms with E-state index in [4.69, 9.17) is 15.2 Å². The van der Waals surface area contributed by atoms with Gasteiger partial charge in [-0.05, 0) is 63.5 Å². The van der Waals surface area contributed by atoms with Crippen molar-refractivity contribution in [1.82, 2.24) is 0 Å². The van der Waals surface area contributed by atoms with Crippen molar-refractivity contribution in [2.45, 2.75) is 72.4 Å². The highest BCUT2D eigenvalue weighted by molar-refractivity contribution is 5.72. The Labute approximate surface area is 157 Å². The number of carbonyl (C=O) groups excluding carboxylic acids is 1. The summed E-state index contributed by atoms with van der Waals surface area (Å²) in [5, 5.41) is 3.59. The van der Waals surface area contributed by atoms with Crippen LogP contribution in [0.3, 0.4) is 0 Å². The fourth-order valence-corrected chi connectivity index (χ4v) is 3.95. The normalized spacial score (nSPS) is 22.5. The van der Waals surface area contributed by atoms with Gasteiger partial charge < -0.3 is 20.5 Å². The van der Waals surface area contributed by atoms with E-state index in [9.17, 15) is 4.79 Å². The van der Waals surface area contributed by atoms with Crippen molar-refractivity contribution >= 4 is 17.3 Å². The van der Waals surface area contributed by atoms with E-state index in [1.54, 1.807) is 6.07 Å². The zero-order valence-electron chi connectivity index (χ0n) is 17.0. The molecular weight excluding hydrogens is 328 g/mol. The maximum absolute atomic E-state index is 11.7. The number of rotatable bonds is 5. The molecule has 5 heteroatoms. The maximum atomic E-state index is 11.7. The van der Waals surface area contributed by atoms with Gasteiger partial charge in [-0.15, -0.1) is 0 Å². The summed E-state index contributed by atoms with van der Waals surface area (Å²) in [6.07, 6.45) is 3.55. The van der Waals surface area contributed by atoms with Gasteiger partial charge in [0, 0.05) is 12.1 Å². The summed E-state index contributed by atoms with van der Waals surface area (Å²) in [6.45, 7) is 12.3. The molecule has 1 aromatic rings. The number of anilines is 2. The molecule has 0 bridgehead atoms. The first-order valence-electron chi connectivity index (χ1n) is 9.44. The first-order chi connectivity index (χ1) is 11.9. The van der Waals surface area contributed by atoms with E-state index in [0.29, 0.717) is 28.8 Å².